The van der Waals surface area contributed by atoms with Gasteiger partial charge in [-0.3, -0.25) is 4.79 Å². The fourth-order valence-electron chi connectivity index (χ4n) is 0.887. The van der Waals surface area contributed by atoms with E-state index in [2.05, 4.69) is 38.5 Å². The minimum atomic E-state index is 0.0251. The number of halogens is 2. The van der Waals surface area contributed by atoms with E-state index in [1.54, 1.807) is 19.0 Å². The first kappa shape index (κ1) is 11.0. The van der Waals surface area contributed by atoms with Crippen molar-refractivity contribution in [3.63, 3.8) is 0 Å². The van der Waals surface area contributed by atoms with Crippen LogP contribution in [0.3, 0.4) is 0 Å². The Kier molecular flexibility index (Phi) is 3.73. The van der Waals surface area contributed by atoms with E-state index in [0.29, 0.717) is 5.56 Å². The molecule has 0 N–H and O–H groups in total. The van der Waals surface area contributed by atoms with E-state index in [0.717, 1.165) is 8.04 Å². The third-order valence-electron chi connectivity index (χ3n) is 1.57. The van der Waals surface area contributed by atoms with Gasteiger partial charge in [-0.15, -0.1) is 0 Å². The summed E-state index contributed by atoms with van der Waals surface area (Å²) in [7, 11) is 3.49. The lowest BCUT2D eigenvalue weighted by atomic mass is 10.2. The summed E-state index contributed by atoms with van der Waals surface area (Å²) < 4.78 is 2.06. The van der Waals surface area contributed by atoms with Crippen molar-refractivity contribution >= 4 is 44.4 Å². The first-order valence-corrected chi connectivity index (χ1v) is 5.56. The third kappa shape index (κ3) is 2.67. The summed E-state index contributed by atoms with van der Waals surface area (Å²) in [5.41, 5.74) is 0.706. The fraction of sp³-hybridized carbons (Fsp3) is 0.222. The van der Waals surface area contributed by atoms with E-state index < -0.39 is 0 Å². The van der Waals surface area contributed by atoms with Crippen LogP contribution in [-0.4, -0.2) is 24.9 Å². The SMILES string of the molecule is CN(C)C(=O)c1ccc(I)c(Br)c1. The molecule has 0 saturated carbocycles. The number of benzene rings is 1. The van der Waals surface area contributed by atoms with Crippen molar-refractivity contribution < 1.29 is 4.79 Å². The Balaban J connectivity index is 3.04. The maximum atomic E-state index is 11.5. The molecule has 1 rings (SSSR count). The second-order valence-electron chi connectivity index (χ2n) is 2.83. The van der Waals surface area contributed by atoms with E-state index >= 15 is 0 Å². The molecule has 4 heteroatoms. The Hall–Kier alpha value is -0.100. The van der Waals surface area contributed by atoms with Crippen molar-refractivity contribution in [1.82, 2.24) is 4.90 Å². The maximum absolute atomic E-state index is 11.5. The molecule has 1 amide bonds. The van der Waals surface area contributed by atoms with E-state index in [4.69, 9.17) is 0 Å². The summed E-state index contributed by atoms with van der Waals surface area (Å²) >= 11 is 5.60. The zero-order valence-electron chi connectivity index (χ0n) is 7.34. The predicted octanol–water partition coefficient (Wildman–Crippen LogP) is 2.76. The molecule has 0 radical (unpaired) electrons. The topological polar surface area (TPSA) is 20.3 Å². The van der Waals surface area contributed by atoms with Crippen molar-refractivity contribution in [3.8, 4) is 0 Å². The van der Waals surface area contributed by atoms with Crippen LogP contribution in [0, 0.1) is 3.57 Å². The molecular formula is C9H9BrINO. The van der Waals surface area contributed by atoms with E-state index in [9.17, 15) is 4.79 Å². The number of hydrogen-bond acceptors (Lipinski definition) is 1. The summed E-state index contributed by atoms with van der Waals surface area (Å²) in [6.45, 7) is 0. The molecule has 70 valence electrons. The van der Waals surface area contributed by atoms with E-state index in [1.807, 2.05) is 18.2 Å². The first-order valence-electron chi connectivity index (χ1n) is 3.69. The Morgan fingerprint density at radius 3 is 2.54 bits per heavy atom. The fourth-order valence-corrected chi connectivity index (χ4v) is 1.60. The summed E-state index contributed by atoms with van der Waals surface area (Å²) in [5, 5.41) is 0. The molecule has 1 aromatic carbocycles. The van der Waals surface area contributed by atoms with Gasteiger partial charge in [0.25, 0.3) is 5.91 Å². The highest BCUT2D eigenvalue weighted by atomic mass is 127. The molecule has 2 nitrogen and oxygen atoms in total. The van der Waals surface area contributed by atoms with Gasteiger partial charge in [-0.25, -0.2) is 0 Å². The van der Waals surface area contributed by atoms with Gasteiger partial charge in [0.05, 0.1) is 0 Å². The number of nitrogens with zero attached hydrogens (tertiary/aromatic N) is 1. The van der Waals surface area contributed by atoms with Crippen LogP contribution in [0.25, 0.3) is 0 Å². The van der Waals surface area contributed by atoms with Crippen LogP contribution in [0.2, 0.25) is 0 Å². The standard InChI is InChI=1S/C9H9BrINO/c1-12(2)9(13)6-3-4-8(11)7(10)5-6/h3-5H,1-2H3. The second kappa shape index (κ2) is 4.41. The minimum absolute atomic E-state index is 0.0251. The molecule has 0 aliphatic rings. The maximum Gasteiger partial charge on any atom is 0.253 e. The van der Waals surface area contributed by atoms with E-state index in [1.165, 1.54) is 0 Å². The number of carbonyl (C=O) groups excluding carboxylic acids is 1. The normalized spacial score (nSPS) is 9.85. The van der Waals surface area contributed by atoms with Crippen molar-refractivity contribution in [1.29, 1.82) is 0 Å². The van der Waals surface area contributed by atoms with Gasteiger partial charge in [-0.2, -0.15) is 0 Å². The lowest BCUT2D eigenvalue weighted by Crippen LogP contribution is -2.21. The summed E-state index contributed by atoms with van der Waals surface area (Å²) in [6, 6.07) is 5.58. The zero-order valence-corrected chi connectivity index (χ0v) is 11.1. The summed E-state index contributed by atoms with van der Waals surface area (Å²) in [4.78, 5) is 13.1. The Labute approximate surface area is 99.6 Å². The molecule has 0 fully saturated rings. The average Bonchev–Trinajstić information content (AvgIpc) is 2.08. The molecule has 0 heterocycles. The van der Waals surface area contributed by atoms with Gasteiger partial charge in [-0.1, -0.05) is 0 Å². The van der Waals surface area contributed by atoms with Crippen LogP contribution in [0.1, 0.15) is 10.4 Å². The summed E-state index contributed by atoms with van der Waals surface area (Å²) in [5.74, 6) is 0.0251. The van der Waals surface area contributed by atoms with Crippen LogP contribution >= 0.6 is 38.5 Å². The van der Waals surface area contributed by atoms with Crippen molar-refractivity contribution in [2.45, 2.75) is 0 Å². The van der Waals surface area contributed by atoms with Gasteiger partial charge in [-0.05, 0) is 56.7 Å². The highest BCUT2D eigenvalue weighted by molar-refractivity contribution is 14.1. The Morgan fingerprint density at radius 2 is 2.08 bits per heavy atom. The quantitative estimate of drug-likeness (QED) is 0.711. The number of hydrogen-bond donors (Lipinski definition) is 0. The van der Waals surface area contributed by atoms with Crippen LogP contribution < -0.4 is 0 Å². The van der Waals surface area contributed by atoms with Gasteiger partial charge < -0.3 is 4.90 Å². The minimum Gasteiger partial charge on any atom is -0.345 e. The molecule has 1 aromatic rings. The number of rotatable bonds is 1. The number of amides is 1. The summed E-state index contributed by atoms with van der Waals surface area (Å²) in [6.07, 6.45) is 0. The van der Waals surface area contributed by atoms with Crippen molar-refractivity contribution in [3.05, 3.63) is 31.8 Å². The first-order chi connectivity index (χ1) is 6.02. The molecule has 0 aliphatic heterocycles. The van der Waals surface area contributed by atoms with Gasteiger partial charge in [0.1, 0.15) is 0 Å². The zero-order chi connectivity index (χ0) is 10.0. The van der Waals surface area contributed by atoms with Crippen LogP contribution in [0.4, 0.5) is 0 Å². The van der Waals surface area contributed by atoms with Gasteiger partial charge in [0, 0.05) is 27.7 Å². The van der Waals surface area contributed by atoms with E-state index in [-0.39, 0.29) is 5.91 Å². The molecule has 0 spiro atoms. The van der Waals surface area contributed by atoms with Crippen LogP contribution in [0.15, 0.2) is 22.7 Å². The third-order valence-corrected chi connectivity index (χ3v) is 3.91. The highest BCUT2D eigenvalue weighted by Crippen LogP contribution is 2.20. The molecule has 0 unspecified atom stereocenters. The van der Waals surface area contributed by atoms with Gasteiger partial charge in [0.15, 0.2) is 0 Å². The second-order valence-corrected chi connectivity index (χ2v) is 4.84. The molecule has 0 aliphatic carbocycles. The predicted molar refractivity (Wildman–Crippen MR) is 64.9 cm³/mol. The highest BCUT2D eigenvalue weighted by Gasteiger charge is 2.08. The molecule has 0 bridgehead atoms. The molecule has 0 saturated heterocycles. The van der Waals surface area contributed by atoms with Crippen molar-refractivity contribution in [2.24, 2.45) is 0 Å². The van der Waals surface area contributed by atoms with Crippen LogP contribution in [0.5, 0.6) is 0 Å². The van der Waals surface area contributed by atoms with Crippen LogP contribution in [-0.2, 0) is 0 Å². The van der Waals surface area contributed by atoms with Crippen molar-refractivity contribution in [2.75, 3.05) is 14.1 Å². The Bertz CT molecular complexity index is 338. The monoisotopic (exact) mass is 353 g/mol. The lowest BCUT2D eigenvalue weighted by Gasteiger charge is -2.10. The molecule has 13 heavy (non-hydrogen) atoms. The lowest BCUT2D eigenvalue weighted by molar-refractivity contribution is 0.0827. The Morgan fingerprint density at radius 1 is 1.46 bits per heavy atom. The van der Waals surface area contributed by atoms with Gasteiger partial charge in [0.2, 0.25) is 0 Å². The molecule has 0 aromatic heterocycles. The molecule has 0 atom stereocenters. The number of carbonyl (C=O) groups is 1. The smallest absolute Gasteiger partial charge is 0.253 e. The van der Waals surface area contributed by atoms with Gasteiger partial charge >= 0.3 is 0 Å². The molecular weight excluding hydrogens is 345 g/mol. The largest absolute Gasteiger partial charge is 0.345 e. The average molecular weight is 354 g/mol.